The summed E-state index contributed by atoms with van der Waals surface area (Å²) in [5.74, 6) is 0.623. The lowest BCUT2D eigenvalue weighted by Gasteiger charge is -2.22. The number of thiazole rings is 1. The summed E-state index contributed by atoms with van der Waals surface area (Å²) in [4.78, 5) is 29.4. The zero-order chi connectivity index (χ0) is 27.7. The van der Waals surface area contributed by atoms with E-state index in [1.165, 1.54) is 29.8 Å². The number of aryl methyl sites for hydroxylation is 1. The van der Waals surface area contributed by atoms with Crippen LogP contribution in [0, 0.1) is 12.7 Å². The number of benzene rings is 2. The lowest BCUT2D eigenvalue weighted by atomic mass is 10.1. The number of anilines is 1. The summed E-state index contributed by atoms with van der Waals surface area (Å²) in [5, 5.41) is 4.50. The second-order valence-corrected chi connectivity index (χ2v) is 10.2. The van der Waals surface area contributed by atoms with E-state index in [9.17, 15) is 9.18 Å². The number of aromatic nitrogens is 4. The SMILES string of the molecule is COc1cnc2c(-c3nc4cc(F)c(O[C@@H](C)[C@@H](C)OC(=O)Nc5cnc(C)nc5)cc4s3)cc(Cl)cc2c1. The molecule has 3 aromatic heterocycles. The molecule has 5 rings (SSSR count). The Kier molecular flexibility index (Phi) is 7.45. The molecule has 0 bridgehead atoms. The molecule has 2 aromatic carbocycles. The fraction of sp³-hybridized carbons (Fsp3) is 0.222. The van der Waals surface area contributed by atoms with Crippen molar-refractivity contribution in [3.05, 3.63) is 65.6 Å². The van der Waals surface area contributed by atoms with Gasteiger partial charge in [0.15, 0.2) is 11.6 Å². The van der Waals surface area contributed by atoms with Gasteiger partial charge in [0, 0.05) is 28.1 Å². The van der Waals surface area contributed by atoms with Crippen molar-refractivity contribution in [1.29, 1.82) is 0 Å². The zero-order valence-electron chi connectivity index (χ0n) is 21.4. The largest absolute Gasteiger partial charge is 0.495 e. The number of carbonyl (C=O) groups excluding carboxylic acids is 1. The minimum atomic E-state index is -0.701. The maximum Gasteiger partial charge on any atom is 0.412 e. The van der Waals surface area contributed by atoms with E-state index in [0.717, 1.165) is 10.9 Å². The van der Waals surface area contributed by atoms with E-state index in [-0.39, 0.29) is 5.75 Å². The average Bonchev–Trinajstić information content (AvgIpc) is 3.31. The first-order valence-corrected chi connectivity index (χ1v) is 13.1. The fourth-order valence-electron chi connectivity index (χ4n) is 3.77. The van der Waals surface area contributed by atoms with Gasteiger partial charge in [-0.2, -0.15) is 0 Å². The van der Waals surface area contributed by atoms with Crippen LogP contribution in [0.3, 0.4) is 0 Å². The van der Waals surface area contributed by atoms with E-state index in [0.29, 0.717) is 43.0 Å². The minimum absolute atomic E-state index is 0.0202. The standard InChI is InChI=1S/C27H23ClFN5O4S/c1-13(14(2)38-27(35)33-18-10-30-15(3)31-11-18)37-23-9-24-22(8-21(23)29)34-26(39-24)20-7-17(28)5-16-6-19(36-4)12-32-25(16)20/h5-14H,1-4H3,(H,33,35)/t13-,14+/m0/s1. The van der Waals surface area contributed by atoms with Crippen LogP contribution in [0.4, 0.5) is 14.9 Å². The number of fused-ring (bicyclic) bond motifs is 2. The van der Waals surface area contributed by atoms with Gasteiger partial charge in [0.05, 0.1) is 47.1 Å². The number of ether oxygens (including phenoxy) is 3. The molecule has 1 amide bonds. The molecule has 200 valence electrons. The van der Waals surface area contributed by atoms with Crippen molar-refractivity contribution in [1.82, 2.24) is 19.9 Å². The van der Waals surface area contributed by atoms with Gasteiger partial charge in [0.2, 0.25) is 0 Å². The highest BCUT2D eigenvalue weighted by Crippen LogP contribution is 2.38. The number of hydrogen-bond acceptors (Lipinski definition) is 9. The summed E-state index contributed by atoms with van der Waals surface area (Å²) in [7, 11) is 1.57. The summed E-state index contributed by atoms with van der Waals surface area (Å²) in [6.07, 6.45) is 2.53. The monoisotopic (exact) mass is 567 g/mol. The summed E-state index contributed by atoms with van der Waals surface area (Å²) in [5.41, 5.74) is 2.29. The van der Waals surface area contributed by atoms with Gasteiger partial charge < -0.3 is 14.2 Å². The van der Waals surface area contributed by atoms with Gasteiger partial charge in [0.25, 0.3) is 0 Å². The fourth-order valence-corrected chi connectivity index (χ4v) is 4.99. The van der Waals surface area contributed by atoms with Crippen molar-refractivity contribution >= 4 is 55.8 Å². The Bertz CT molecular complexity index is 1680. The maximum atomic E-state index is 15.0. The predicted molar refractivity (Wildman–Crippen MR) is 148 cm³/mol. The third kappa shape index (κ3) is 5.84. The van der Waals surface area contributed by atoms with Crippen molar-refractivity contribution in [2.75, 3.05) is 12.4 Å². The number of halogens is 2. The molecule has 1 N–H and O–H groups in total. The molecule has 39 heavy (non-hydrogen) atoms. The van der Waals surface area contributed by atoms with Crippen LogP contribution in [0.5, 0.6) is 11.5 Å². The molecule has 0 saturated carbocycles. The van der Waals surface area contributed by atoms with E-state index in [4.69, 9.17) is 25.8 Å². The predicted octanol–water partition coefficient (Wildman–Crippen LogP) is 6.82. The Balaban J connectivity index is 1.34. The van der Waals surface area contributed by atoms with Crippen molar-refractivity contribution in [3.63, 3.8) is 0 Å². The lowest BCUT2D eigenvalue weighted by Crippen LogP contribution is -2.32. The number of hydrogen-bond donors (Lipinski definition) is 1. The van der Waals surface area contributed by atoms with Gasteiger partial charge in [-0.25, -0.2) is 24.1 Å². The summed E-state index contributed by atoms with van der Waals surface area (Å²) < 4.78 is 32.2. The third-order valence-corrected chi connectivity index (χ3v) is 7.19. The number of pyridine rings is 1. The maximum absolute atomic E-state index is 15.0. The van der Waals surface area contributed by atoms with Gasteiger partial charge in [-0.15, -0.1) is 11.3 Å². The third-order valence-electron chi connectivity index (χ3n) is 5.93. The van der Waals surface area contributed by atoms with Crippen LogP contribution in [0.2, 0.25) is 5.02 Å². The van der Waals surface area contributed by atoms with Gasteiger partial charge in [-0.05, 0) is 39.0 Å². The molecule has 9 nitrogen and oxygen atoms in total. The van der Waals surface area contributed by atoms with Crippen LogP contribution >= 0.6 is 22.9 Å². The number of amides is 1. The number of rotatable bonds is 7. The van der Waals surface area contributed by atoms with E-state index >= 15 is 0 Å². The van der Waals surface area contributed by atoms with Crippen LogP contribution in [0.15, 0.2) is 48.9 Å². The zero-order valence-corrected chi connectivity index (χ0v) is 22.9. The molecule has 0 spiro atoms. The van der Waals surface area contributed by atoms with E-state index in [1.54, 1.807) is 52.3 Å². The molecule has 0 aliphatic carbocycles. The molecule has 0 aliphatic rings. The number of carbonyl (C=O) groups is 1. The van der Waals surface area contributed by atoms with Gasteiger partial charge in [0.1, 0.15) is 28.8 Å². The molecule has 5 aromatic rings. The topological polar surface area (TPSA) is 108 Å². The molecule has 0 fully saturated rings. The Labute approximate surface area is 232 Å². The second kappa shape index (κ2) is 11.0. The van der Waals surface area contributed by atoms with Crippen LogP contribution in [-0.4, -0.2) is 45.3 Å². The highest BCUT2D eigenvalue weighted by atomic mass is 35.5. The van der Waals surface area contributed by atoms with Crippen LogP contribution < -0.4 is 14.8 Å². The van der Waals surface area contributed by atoms with Crippen molar-refractivity contribution < 1.29 is 23.4 Å². The Morgan fingerprint density at radius 3 is 2.56 bits per heavy atom. The first kappa shape index (κ1) is 26.5. The van der Waals surface area contributed by atoms with Crippen LogP contribution in [-0.2, 0) is 4.74 Å². The normalized spacial score (nSPS) is 12.8. The smallest absolute Gasteiger partial charge is 0.412 e. The van der Waals surface area contributed by atoms with E-state index < -0.39 is 24.1 Å². The van der Waals surface area contributed by atoms with E-state index in [1.807, 2.05) is 6.07 Å². The highest BCUT2D eigenvalue weighted by Gasteiger charge is 2.22. The van der Waals surface area contributed by atoms with Crippen molar-refractivity contribution in [2.24, 2.45) is 0 Å². The molecule has 2 atom stereocenters. The quantitative estimate of drug-likeness (QED) is 0.228. The molecule has 0 unspecified atom stereocenters. The molecular formula is C27H23ClFN5O4S. The van der Waals surface area contributed by atoms with Crippen LogP contribution in [0.1, 0.15) is 19.7 Å². The lowest BCUT2D eigenvalue weighted by molar-refractivity contribution is 0.0402. The molecule has 0 radical (unpaired) electrons. The molecule has 0 saturated heterocycles. The second-order valence-electron chi connectivity index (χ2n) is 8.75. The van der Waals surface area contributed by atoms with Gasteiger partial charge in [-0.3, -0.25) is 10.3 Å². The van der Waals surface area contributed by atoms with E-state index in [2.05, 4.69) is 25.3 Å². The van der Waals surface area contributed by atoms with Crippen LogP contribution in [0.25, 0.3) is 31.7 Å². The Hall–Kier alpha value is -4.09. The minimum Gasteiger partial charge on any atom is -0.495 e. The number of nitrogens with zero attached hydrogens (tertiary/aromatic N) is 4. The summed E-state index contributed by atoms with van der Waals surface area (Å²) >= 11 is 7.73. The molecule has 0 aliphatic heterocycles. The number of nitrogens with one attached hydrogen (secondary N) is 1. The van der Waals surface area contributed by atoms with Crippen molar-refractivity contribution in [3.8, 4) is 22.1 Å². The van der Waals surface area contributed by atoms with Gasteiger partial charge >= 0.3 is 6.09 Å². The average molecular weight is 568 g/mol. The molecule has 3 heterocycles. The molecular weight excluding hydrogens is 545 g/mol. The summed E-state index contributed by atoms with van der Waals surface area (Å²) in [6.45, 7) is 5.08. The Morgan fingerprint density at radius 1 is 1.05 bits per heavy atom. The molecule has 12 heteroatoms. The Morgan fingerprint density at radius 2 is 1.82 bits per heavy atom. The van der Waals surface area contributed by atoms with Crippen molar-refractivity contribution in [2.45, 2.75) is 33.0 Å². The first-order chi connectivity index (χ1) is 18.7. The summed E-state index contributed by atoms with van der Waals surface area (Å²) in [6, 6.07) is 8.33. The highest BCUT2D eigenvalue weighted by molar-refractivity contribution is 7.21. The number of methoxy groups -OCH3 is 1. The van der Waals surface area contributed by atoms with Gasteiger partial charge in [-0.1, -0.05) is 11.6 Å². The first-order valence-electron chi connectivity index (χ1n) is 11.9.